The Morgan fingerprint density at radius 2 is 1.43 bits per heavy atom. The summed E-state index contributed by atoms with van der Waals surface area (Å²) in [6.07, 6.45) is 0. The first kappa shape index (κ1) is 15.3. The SMILES string of the molecule is C=S(Sc1ccccc1C(=O)O)c1ccccc1C(=O)O. The van der Waals surface area contributed by atoms with Gasteiger partial charge in [-0.1, -0.05) is 50.4 Å². The number of carbonyl (C=O) groups is 2. The second-order valence-corrected chi connectivity index (χ2v) is 7.48. The van der Waals surface area contributed by atoms with Gasteiger partial charge >= 0.3 is 11.9 Å². The van der Waals surface area contributed by atoms with Crippen molar-refractivity contribution in [1.82, 2.24) is 0 Å². The van der Waals surface area contributed by atoms with Gasteiger partial charge in [0.25, 0.3) is 0 Å². The molecule has 0 aliphatic rings. The van der Waals surface area contributed by atoms with Crippen LogP contribution in [0.2, 0.25) is 0 Å². The van der Waals surface area contributed by atoms with Crippen molar-refractivity contribution in [3.8, 4) is 0 Å². The summed E-state index contributed by atoms with van der Waals surface area (Å²) in [7, 11) is 0.535. The molecule has 2 aromatic rings. The third-order valence-corrected chi connectivity index (χ3v) is 5.93. The molecular formula is C15H12O4S2. The fourth-order valence-electron chi connectivity index (χ4n) is 1.71. The fourth-order valence-corrected chi connectivity index (χ4v) is 4.82. The Morgan fingerprint density at radius 3 is 2.05 bits per heavy atom. The lowest BCUT2D eigenvalue weighted by atomic mass is 10.2. The first-order valence-corrected chi connectivity index (χ1v) is 8.60. The van der Waals surface area contributed by atoms with E-state index in [1.165, 1.54) is 22.9 Å². The van der Waals surface area contributed by atoms with Crippen LogP contribution in [-0.2, 0) is 0 Å². The summed E-state index contributed by atoms with van der Waals surface area (Å²) < 4.78 is 0. The minimum absolute atomic E-state index is 0.191. The van der Waals surface area contributed by atoms with Gasteiger partial charge in [0.1, 0.15) is 0 Å². The van der Waals surface area contributed by atoms with Crippen molar-refractivity contribution in [3.05, 3.63) is 59.7 Å². The molecule has 0 aromatic heterocycles. The van der Waals surface area contributed by atoms with Gasteiger partial charge in [0.05, 0.1) is 11.1 Å². The zero-order chi connectivity index (χ0) is 15.4. The molecule has 0 heterocycles. The second kappa shape index (κ2) is 6.60. The van der Waals surface area contributed by atoms with E-state index in [4.69, 9.17) is 5.11 Å². The highest BCUT2D eigenvalue weighted by molar-refractivity contribution is 8.83. The van der Waals surface area contributed by atoms with Crippen LogP contribution in [0.15, 0.2) is 58.3 Å². The number of carboxylic acids is 2. The van der Waals surface area contributed by atoms with E-state index < -0.39 is 21.5 Å². The molecule has 0 radical (unpaired) electrons. The largest absolute Gasteiger partial charge is 0.478 e. The molecule has 0 fully saturated rings. The minimum Gasteiger partial charge on any atom is -0.478 e. The predicted octanol–water partition coefficient (Wildman–Crippen LogP) is 3.85. The van der Waals surface area contributed by atoms with Crippen LogP contribution in [-0.4, -0.2) is 28.0 Å². The molecule has 1 unspecified atom stereocenters. The van der Waals surface area contributed by atoms with E-state index in [0.717, 1.165) is 0 Å². The van der Waals surface area contributed by atoms with Crippen LogP contribution >= 0.6 is 20.3 Å². The van der Waals surface area contributed by atoms with Crippen molar-refractivity contribution in [2.75, 3.05) is 0 Å². The molecule has 0 bridgehead atoms. The summed E-state index contributed by atoms with van der Waals surface area (Å²) in [4.78, 5) is 23.6. The molecule has 108 valence electrons. The molecule has 2 rings (SSSR count). The van der Waals surface area contributed by atoms with E-state index in [2.05, 4.69) is 5.87 Å². The molecule has 0 aliphatic heterocycles. The zero-order valence-corrected chi connectivity index (χ0v) is 12.5. The fraction of sp³-hybridized carbons (Fsp3) is 0. The third-order valence-electron chi connectivity index (χ3n) is 2.67. The minimum atomic E-state index is -1.01. The lowest BCUT2D eigenvalue weighted by Gasteiger charge is -2.11. The van der Waals surface area contributed by atoms with Crippen LogP contribution < -0.4 is 0 Å². The summed E-state index contributed by atoms with van der Waals surface area (Å²) in [6.45, 7) is 0. The first-order chi connectivity index (χ1) is 10.0. The Hall–Kier alpha value is -2.05. The van der Waals surface area contributed by atoms with Crippen molar-refractivity contribution in [2.24, 2.45) is 0 Å². The smallest absolute Gasteiger partial charge is 0.336 e. The number of hydrogen-bond donors (Lipinski definition) is 2. The van der Waals surface area contributed by atoms with Crippen LogP contribution in [0.5, 0.6) is 0 Å². The average Bonchev–Trinajstić information content (AvgIpc) is 2.47. The number of benzene rings is 2. The molecule has 0 aliphatic carbocycles. The molecule has 6 heteroatoms. The van der Waals surface area contributed by atoms with Gasteiger partial charge in [-0.3, -0.25) is 0 Å². The maximum atomic E-state index is 11.2. The average molecular weight is 320 g/mol. The first-order valence-electron chi connectivity index (χ1n) is 5.87. The van der Waals surface area contributed by atoms with Gasteiger partial charge in [-0.25, -0.2) is 9.59 Å². The highest BCUT2D eigenvalue weighted by Crippen LogP contribution is 2.45. The van der Waals surface area contributed by atoms with Gasteiger partial charge in [0.2, 0.25) is 0 Å². The Labute approximate surface area is 127 Å². The van der Waals surface area contributed by atoms with Crippen molar-refractivity contribution in [3.63, 3.8) is 0 Å². The second-order valence-electron chi connectivity index (χ2n) is 4.03. The summed E-state index contributed by atoms with van der Waals surface area (Å²) in [5.74, 6) is 1.95. The predicted molar refractivity (Wildman–Crippen MR) is 85.6 cm³/mol. The summed E-state index contributed by atoms with van der Waals surface area (Å²) in [5, 5.41) is 18.4. The summed E-state index contributed by atoms with van der Waals surface area (Å²) >= 11 is 0. The van der Waals surface area contributed by atoms with Gasteiger partial charge in [-0.05, 0) is 24.3 Å². The van der Waals surface area contributed by atoms with E-state index in [-0.39, 0.29) is 11.1 Å². The summed E-state index contributed by atoms with van der Waals surface area (Å²) in [6, 6.07) is 13.2. The topological polar surface area (TPSA) is 74.6 Å². The van der Waals surface area contributed by atoms with Crippen molar-refractivity contribution in [1.29, 1.82) is 0 Å². The lowest BCUT2D eigenvalue weighted by molar-refractivity contribution is 0.0682. The van der Waals surface area contributed by atoms with Gasteiger partial charge in [0, 0.05) is 9.79 Å². The van der Waals surface area contributed by atoms with Crippen LogP contribution in [0.4, 0.5) is 0 Å². The Morgan fingerprint density at radius 1 is 0.905 bits per heavy atom. The zero-order valence-electron chi connectivity index (χ0n) is 10.9. The molecule has 2 N–H and O–H groups in total. The molecule has 0 saturated carbocycles. The standard InChI is InChI=1S/C15H12O4S2/c1-21(13-9-5-3-7-11(13)15(18)19)20-12-8-4-2-6-10(12)14(16)17/h2-9H,1H2,(H,16,17)(H,18,19). The third kappa shape index (κ3) is 3.53. The van der Waals surface area contributed by atoms with Gasteiger partial charge in [-0.2, -0.15) is 0 Å². The van der Waals surface area contributed by atoms with Crippen LogP contribution in [0, 0.1) is 0 Å². The van der Waals surface area contributed by atoms with Crippen LogP contribution in [0.1, 0.15) is 20.7 Å². The van der Waals surface area contributed by atoms with E-state index >= 15 is 0 Å². The highest BCUT2D eigenvalue weighted by Gasteiger charge is 2.15. The quantitative estimate of drug-likeness (QED) is 0.646. The van der Waals surface area contributed by atoms with Crippen molar-refractivity contribution in [2.45, 2.75) is 9.79 Å². The number of aromatic carboxylic acids is 2. The lowest BCUT2D eigenvalue weighted by Crippen LogP contribution is -1.99. The Kier molecular flexibility index (Phi) is 4.82. The van der Waals surface area contributed by atoms with Crippen LogP contribution in [0.25, 0.3) is 0 Å². The maximum absolute atomic E-state index is 11.2. The van der Waals surface area contributed by atoms with E-state index in [1.54, 1.807) is 36.4 Å². The summed E-state index contributed by atoms with van der Waals surface area (Å²) in [5.41, 5.74) is 0.382. The van der Waals surface area contributed by atoms with E-state index in [9.17, 15) is 14.7 Å². The van der Waals surface area contributed by atoms with Gasteiger partial charge in [0.15, 0.2) is 0 Å². The molecule has 2 aromatic carbocycles. The number of hydrogen-bond acceptors (Lipinski definition) is 3. The van der Waals surface area contributed by atoms with Crippen molar-refractivity contribution < 1.29 is 19.8 Å². The van der Waals surface area contributed by atoms with E-state index in [0.29, 0.717) is 9.79 Å². The maximum Gasteiger partial charge on any atom is 0.336 e. The highest BCUT2D eigenvalue weighted by atomic mass is 33.1. The van der Waals surface area contributed by atoms with E-state index in [1.807, 2.05) is 0 Å². The molecule has 0 spiro atoms. The molecule has 0 amide bonds. The Balaban J connectivity index is 2.36. The molecule has 1 atom stereocenters. The molecule has 0 saturated heterocycles. The van der Waals surface area contributed by atoms with Crippen LogP contribution in [0.3, 0.4) is 0 Å². The van der Waals surface area contributed by atoms with Gasteiger partial charge in [-0.15, -0.1) is 0 Å². The Bertz CT molecular complexity index is 725. The van der Waals surface area contributed by atoms with Gasteiger partial charge < -0.3 is 10.2 Å². The van der Waals surface area contributed by atoms with Crippen molar-refractivity contribution >= 4 is 38.1 Å². The normalized spacial score (nSPS) is 11.8. The molecular weight excluding hydrogens is 308 g/mol. The molecule has 4 nitrogen and oxygen atoms in total. The number of carboxylic acid groups (broad SMARTS) is 2. The molecule has 21 heavy (non-hydrogen) atoms. The number of rotatable bonds is 5. The monoisotopic (exact) mass is 320 g/mol.